The minimum absolute atomic E-state index is 0.179. The van der Waals surface area contributed by atoms with Crippen LogP contribution in [0, 0.1) is 5.41 Å². The Morgan fingerprint density at radius 2 is 1.69 bits per heavy atom. The molecule has 0 saturated carbocycles. The van der Waals surface area contributed by atoms with Gasteiger partial charge in [-0.1, -0.05) is 20.8 Å². The van der Waals surface area contributed by atoms with Crippen molar-refractivity contribution < 1.29 is 9.53 Å². The molecule has 0 aliphatic carbocycles. The molecule has 0 saturated heterocycles. The van der Waals surface area contributed by atoms with E-state index in [-0.39, 0.29) is 12.0 Å². The molecule has 0 radical (unpaired) electrons. The molecule has 0 aliphatic rings. The lowest BCUT2D eigenvalue weighted by atomic mass is 9.92. The van der Waals surface area contributed by atoms with E-state index in [9.17, 15) is 4.79 Å². The van der Waals surface area contributed by atoms with Crippen molar-refractivity contribution in [2.75, 3.05) is 6.54 Å². The van der Waals surface area contributed by atoms with Crippen LogP contribution >= 0.6 is 0 Å². The molecule has 16 heavy (non-hydrogen) atoms. The number of carbonyl (C=O) groups is 1. The van der Waals surface area contributed by atoms with Gasteiger partial charge in [0.2, 0.25) is 0 Å². The van der Waals surface area contributed by atoms with Crippen LogP contribution in [0.25, 0.3) is 0 Å². The van der Waals surface area contributed by atoms with Gasteiger partial charge in [0.05, 0.1) is 0 Å². The highest BCUT2D eigenvalue weighted by Crippen LogP contribution is 2.17. The molecule has 1 atom stereocenters. The lowest BCUT2D eigenvalue weighted by Crippen LogP contribution is -2.40. The minimum Gasteiger partial charge on any atom is -0.459 e. The highest BCUT2D eigenvalue weighted by Gasteiger charge is 2.21. The molecule has 0 aromatic carbocycles. The third-order valence-corrected chi connectivity index (χ3v) is 2.09. The van der Waals surface area contributed by atoms with Gasteiger partial charge in [0.15, 0.2) is 0 Å². The third-order valence-electron chi connectivity index (χ3n) is 2.09. The van der Waals surface area contributed by atoms with Crippen molar-refractivity contribution in [1.29, 1.82) is 0 Å². The number of carbonyl (C=O) groups excluding carboxylic acids is 1. The Morgan fingerprint density at radius 3 is 2.06 bits per heavy atom. The largest absolute Gasteiger partial charge is 0.459 e. The van der Waals surface area contributed by atoms with E-state index in [1.54, 1.807) is 0 Å². The van der Waals surface area contributed by atoms with Gasteiger partial charge in [0, 0.05) is 0 Å². The Hall–Kier alpha value is -0.570. The van der Waals surface area contributed by atoms with E-state index in [1.807, 2.05) is 27.7 Å². The van der Waals surface area contributed by atoms with Gasteiger partial charge in [-0.3, -0.25) is 4.79 Å². The van der Waals surface area contributed by atoms with E-state index in [4.69, 9.17) is 4.74 Å². The Kier molecular flexibility index (Phi) is 5.47. The zero-order valence-corrected chi connectivity index (χ0v) is 11.8. The van der Waals surface area contributed by atoms with Crippen LogP contribution in [0.4, 0.5) is 0 Å². The molecule has 3 nitrogen and oxygen atoms in total. The van der Waals surface area contributed by atoms with Crippen LogP contribution < -0.4 is 5.32 Å². The number of hydrogen-bond donors (Lipinski definition) is 1. The van der Waals surface area contributed by atoms with Crippen molar-refractivity contribution in [3.05, 3.63) is 0 Å². The Balaban J connectivity index is 3.89. The summed E-state index contributed by atoms with van der Waals surface area (Å²) >= 11 is 0. The summed E-state index contributed by atoms with van der Waals surface area (Å²) in [7, 11) is 0. The fourth-order valence-electron chi connectivity index (χ4n) is 1.14. The van der Waals surface area contributed by atoms with E-state index >= 15 is 0 Å². The molecule has 0 amide bonds. The van der Waals surface area contributed by atoms with E-state index < -0.39 is 5.60 Å². The molecule has 0 aromatic heterocycles. The second kappa shape index (κ2) is 5.67. The highest BCUT2D eigenvalue weighted by atomic mass is 16.6. The van der Waals surface area contributed by atoms with Crippen molar-refractivity contribution in [1.82, 2.24) is 5.32 Å². The zero-order chi connectivity index (χ0) is 13.0. The van der Waals surface area contributed by atoms with Crippen LogP contribution in [-0.4, -0.2) is 24.2 Å². The average molecular weight is 229 g/mol. The van der Waals surface area contributed by atoms with Gasteiger partial charge in [-0.05, 0) is 46.1 Å². The summed E-state index contributed by atoms with van der Waals surface area (Å²) in [5.41, 5.74) is -0.113. The van der Waals surface area contributed by atoms with Gasteiger partial charge in [-0.2, -0.15) is 0 Å². The molecule has 3 heteroatoms. The van der Waals surface area contributed by atoms with Gasteiger partial charge >= 0.3 is 5.97 Å². The number of esters is 1. The first-order valence-electron chi connectivity index (χ1n) is 5.97. The summed E-state index contributed by atoms with van der Waals surface area (Å²) in [6.07, 6.45) is 1.04. The molecule has 1 unspecified atom stereocenters. The SMILES string of the molecule is CC(NCCC(C)(C)C)C(=O)OC(C)(C)C. The summed E-state index contributed by atoms with van der Waals surface area (Å²) in [6, 6.07) is -0.235. The fourth-order valence-corrected chi connectivity index (χ4v) is 1.14. The van der Waals surface area contributed by atoms with Gasteiger partial charge in [0.25, 0.3) is 0 Å². The standard InChI is InChI=1S/C13H27NO2/c1-10(11(15)16-13(5,6)7)14-9-8-12(2,3)4/h10,14H,8-9H2,1-7H3. The molecule has 0 aromatic rings. The van der Waals surface area contributed by atoms with Crippen LogP contribution in [0.5, 0.6) is 0 Å². The predicted molar refractivity (Wildman–Crippen MR) is 67.4 cm³/mol. The zero-order valence-electron chi connectivity index (χ0n) is 11.8. The molecule has 0 bridgehead atoms. The van der Waals surface area contributed by atoms with Crippen molar-refractivity contribution in [2.45, 2.75) is 66.5 Å². The maximum absolute atomic E-state index is 11.6. The van der Waals surface area contributed by atoms with Crippen molar-refractivity contribution in [3.63, 3.8) is 0 Å². The molecular weight excluding hydrogens is 202 g/mol. The van der Waals surface area contributed by atoms with Crippen LogP contribution in [0.3, 0.4) is 0 Å². The molecule has 96 valence electrons. The fraction of sp³-hybridized carbons (Fsp3) is 0.923. The molecule has 0 fully saturated rings. The first kappa shape index (κ1) is 15.4. The van der Waals surface area contributed by atoms with Gasteiger partial charge in [-0.15, -0.1) is 0 Å². The average Bonchev–Trinajstić information content (AvgIpc) is 1.98. The van der Waals surface area contributed by atoms with Crippen molar-refractivity contribution in [2.24, 2.45) is 5.41 Å². The van der Waals surface area contributed by atoms with Crippen LogP contribution in [-0.2, 0) is 9.53 Å². The van der Waals surface area contributed by atoms with Gasteiger partial charge in [0.1, 0.15) is 11.6 Å². The topological polar surface area (TPSA) is 38.3 Å². The molecule has 0 rings (SSSR count). The second-order valence-corrected chi connectivity index (χ2v) is 6.52. The smallest absolute Gasteiger partial charge is 0.323 e. The maximum atomic E-state index is 11.6. The van der Waals surface area contributed by atoms with Crippen molar-refractivity contribution >= 4 is 5.97 Å². The Bertz CT molecular complexity index is 223. The highest BCUT2D eigenvalue weighted by molar-refractivity contribution is 5.75. The Labute approximate surface area is 99.9 Å². The van der Waals surface area contributed by atoms with Crippen LogP contribution in [0.15, 0.2) is 0 Å². The second-order valence-electron chi connectivity index (χ2n) is 6.52. The predicted octanol–water partition coefficient (Wildman–Crippen LogP) is 2.74. The molecule has 0 heterocycles. The van der Waals surface area contributed by atoms with E-state index in [2.05, 4.69) is 26.1 Å². The molecule has 1 N–H and O–H groups in total. The molecule has 0 aliphatic heterocycles. The summed E-state index contributed by atoms with van der Waals surface area (Å²) in [5.74, 6) is -0.179. The first-order valence-corrected chi connectivity index (χ1v) is 5.97. The van der Waals surface area contributed by atoms with Gasteiger partial charge < -0.3 is 10.1 Å². The normalized spacial score (nSPS) is 14.7. The third kappa shape index (κ3) is 8.72. The lowest BCUT2D eigenvalue weighted by molar-refractivity contribution is -0.157. The number of nitrogens with one attached hydrogen (secondary N) is 1. The minimum atomic E-state index is -0.406. The molecular formula is C13H27NO2. The number of rotatable bonds is 4. The van der Waals surface area contributed by atoms with Crippen LogP contribution in [0.2, 0.25) is 0 Å². The number of ether oxygens (including phenoxy) is 1. The lowest BCUT2D eigenvalue weighted by Gasteiger charge is -2.24. The van der Waals surface area contributed by atoms with E-state index in [0.717, 1.165) is 13.0 Å². The summed E-state index contributed by atoms with van der Waals surface area (Å²) in [6.45, 7) is 14.9. The van der Waals surface area contributed by atoms with E-state index in [0.29, 0.717) is 5.41 Å². The Morgan fingerprint density at radius 1 is 1.19 bits per heavy atom. The summed E-state index contributed by atoms with van der Waals surface area (Å²) < 4.78 is 5.28. The van der Waals surface area contributed by atoms with Gasteiger partial charge in [-0.25, -0.2) is 0 Å². The maximum Gasteiger partial charge on any atom is 0.323 e. The monoisotopic (exact) mass is 229 g/mol. The summed E-state index contributed by atoms with van der Waals surface area (Å²) in [5, 5.41) is 3.19. The van der Waals surface area contributed by atoms with E-state index in [1.165, 1.54) is 0 Å². The first-order chi connectivity index (χ1) is 7.01. The summed E-state index contributed by atoms with van der Waals surface area (Å²) in [4.78, 5) is 11.6. The molecule has 0 spiro atoms. The quantitative estimate of drug-likeness (QED) is 0.753. The van der Waals surface area contributed by atoms with Crippen molar-refractivity contribution in [3.8, 4) is 0 Å². The van der Waals surface area contributed by atoms with Crippen LogP contribution in [0.1, 0.15) is 54.9 Å². The number of hydrogen-bond acceptors (Lipinski definition) is 3.